The van der Waals surface area contributed by atoms with Gasteiger partial charge in [-0.3, -0.25) is 0 Å². The SMILES string of the molecule is CCCC(Br)Oc1ccccc1. The van der Waals surface area contributed by atoms with Gasteiger partial charge in [0.1, 0.15) is 5.75 Å². The maximum absolute atomic E-state index is 5.57. The molecule has 66 valence electrons. The third-order valence-corrected chi connectivity index (χ3v) is 2.17. The highest BCUT2D eigenvalue weighted by Crippen LogP contribution is 2.16. The van der Waals surface area contributed by atoms with Crippen molar-refractivity contribution in [3.05, 3.63) is 30.3 Å². The van der Waals surface area contributed by atoms with Crippen LogP contribution in [0.25, 0.3) is 0 Å². The van der Waals surface area contributed by atoms with Crippen molar-refractivity contribution in [2.24, 2.45) is 0 Å². The van der Waals surface area contributed by atoms with Gasteiger partial charge in [0.2, 0.25) is 0 Å². The van der Waals surface area contributed by atoms with E-state index >= 15 is 0 Å². The summed E-state index contributed by atoms with van der Waals surface area (Å²) < 4.78 is 5.57. The van der Waals surface area contributed by atoms with Gasteiger partial charge >= 0.3 is 0 Å². The second-order valence-electron chi connectivity index (χ2n) is 2.63. The monoisotopic (exact) mass is 228 g/mol. The van der Waals surface area contributed by atoms with Crippen molar-refractivity contribution in [2.45, 2.75) is 24.8 Å². The summed E-state index contributed by atoms with van der Waals surface area (Å²) in [6, 6.07) is 9.85. The Morgan fingerprint density at radius 1 is 1.33 bits per heavy atom. The van der Waals surface area contributed by atoms with Crippen LogP contribution in [-0.2, 0) is 0 Å². The van der Waals surface area contributed by atoms with Gasteiger partial charge in [0.05, 0.1) is 0 Å². The summed E-state index contributed by atoms with van der Waals surface area (Å²) in [5.41, 5.74) is 0. The minimum atomic E-state index is 0.143. The number of benzene rings is 1. The molecule has 1 rings (SSSR count). The van der Waals surface area contributed by atoms with E-state index in [-0.39, 0.29) is 5.01 Å². The largest absolute Gasteiger partial charge is 0.479 e. The third kappa shape index (κ3) is 3.26. The van der Waals surface area contributed by atoms with Crippen LogP contribution in [0.3, 0.4) is 0 Å². The molecule has 0 aliphatic heterocycles. The fourth-order valence-corrected chi connectivity index (χ4v) is 1.61. The Hall–Kier alpha value is -0.500. The van der Waals surface area contributed by atoms with Crippen LogP contribution >= 0.6 is 15.9 Å². The van der Waals surface area contributed by atoms with Gasteiger partial charge < -0.3 is 4.74 Å². The van der Waals surface area contributed by atoms with Crippen molar-refractivity contribution in [1.29, 1.82) is 0 Å². The van der Waals surface area contributed by atoms with Gasteiger partial charge in [0.25, 0.3) is 0 Å². The summed E-state index contributed by atoms with van der Waals surface area (Å²) in [7, 11) is 0. The van der Waals surface area contributed by atoms with E-state index in [0.29, 0.717) is 0 Å². The molecule has 1 aromatic carbocycles. The second kappa shape index (κ2) is 5.20. The molecule has 0 amide bonds. The molecule has 2 heteroatoms. The molecule has 0 spiro atoms. The van der Waals surface area contributed by atoms with Gasteiger partial charge in [-0.15, -0.1) is 0 Å². The molecule has 0 fully saturated rings. The van der Waals surface area contributed by atoms with Crippen molar-refractivity contribution in [3.63, 3.8) is 0 Å². The third-order valence-electron chi connectivity index (χ3n) is 1.52. The van der Waals surface area contributed by atoms with Crippen LogP contribution in [0.5, 0.6) is 5.75 Å². The molecule has 12 heavy (non-hydrogen) atoms. The first-order chi connectivity index (χ1) is 5.83. The van der Waals surface area contributed by atoms with E-state index < -0.39 is 0 Å². The van der Waals surface area contributed by atoms with Crippen LogP contribution in [0.2, 0.25) is 0 Å². The minimum absolute atomic E-state index is 0.143. The van der Waals surface area contributed by atoms with Crippen molar-refractivity contribution in [3.8, 4) is 5.75 Å². The summed E-state index contributed by atoms with van der Waals surface area (Å²) in [5, 5.41) is 0.143. The molecule has 1 aromatic rings. The molecule has 0 bridgehead atoms. The number of halogens is 1. The van der Waals surface area contributed by atoms with Crippen LogP contribution in [-0.4, -0.2) is 5.01 Å². The van der Waals surface area contributed by atoms with Gasteiger partial charge in [0, 0.05) is 0 Å². The van der Waals surface area contributed by atoms with Crippen molar-refractivity contribution >= 4 is 15.9 Å². The molecule has 0 aromatic heterocycles. The van der Waals surface area contributed by atoms with Crippen LogP contribution in [0.15, 0.2) is 30.3 Å². The number of para-hydroxylation sites is 1. The molecule has 0 saturated carbocycles. The van der Waals surface area contributed by atoms with Gasteiger partial charge in [-0.05, 0) is 34.5 Å². The Bertz CT molecular complexity index is 210. The normalized spacial score (nSPS) is 12.5. The highest BCUT2D eigenvalue weighted by atomic mass is 79.9. The molecule has 0 aliphatic carbocycles. The Labute approximate surface area is 81.9 Å². The summed E-state index contributed by atoms with van der Waals surface area (Å²) in [6.45, 7) is 2.14. The molecule has 0 aliphatic rings. The van der Waals surface area contributed by atoms with Crippen molar-refractivity contribution < 1.29 is 4.74 Å². The van der Waals surface area contributed by atoms with Gasteiger partial charge in [-0.2, -0.15) is 0 Å². The van der Waals surface area contributed by atoms with Crippen molar-refractivity contribution in [2.75, 3.05) is 0 Å². The van der Waals surface area contributed by atoms with Crippen molar-refractivity contribution in [1.82, 2.24) is 0 Å². The number of ether oxygens (including phenoxy) is 1. The van der Waals surface area contributed by atoms with Gasteiger partial charge in [0.15, 0.2) is 5.01 Å². The molecule has 1 atom stereocenters. The molecule has 0 N–H and O–H groups in total. The maximum Gasteiger partial charge on any atom is 0.153 e. The topological polar surface area (TPSA) is 9.23 Å². The van der Waals surface area contributed by atoms with E-state index in [0.717, 1.165) is 18.6 Å². The molecule has 0 heterocycles. The predicted molar refractivity (Wildman–Crippen MR) is 54.7 cm³/mol. The predicted octanol–water partition coefficient (Wildman–Crippen LogP) is 3.59. The zero-order valence-corrected chi connectivity index (χ0v) is 8.75. The Kier molecular flexibility index (Phi) is 4.15. The molecule has 1 unspecified atom stereocenters. The average Bonchev–Trinajstić information content (AvgIpc) is 2.06. The number of hydrogen-bond donors (Lipinski definition) is 0. The van der Waals surface area contributed by atoms with Crippen LogP contribution in [0.4, 0.5) is 0 Å². The molecule has 1 nitrogen and oxygen atoms in total. The summed E-state index contributed by atoms with van der Waals surface area (Å²) in [5.74, 6) is 0.924. The first kappa shape index (κ1) is 9.59. The lowest BCUT2D eigenvalue weighted by molar-refractivity contribution is 0.282. The highest BCUT2D eigenvalue weighted by Gasteiger charge is 2.02. The lowest BCUT2D eigenvalue weighted by Crippen LogP contribution is -2.06. The number of alkyl halides is 1. The van der Waals surface area contributed by atoms with E-state index in [9.17, 15) is 0 Å². The maximum atomic E-state index is 5.57. The first-order valence-electron chi connectivity index (χ1n) is 4.18. The summed E-state index contributed by atoms with van der Waals surface area (Å²) in [4.78, 5) is 0. The molecule has 0 saturated heterocycles. The Balaban J connectivity index is 2.41. The first-order valence-corrected chi connectivity index (χ1v) is 5.10. The summed E-state index contributed by atoms with van der Waals surface area (Å²) >= 11 is 3.45. The zero-order valence-electron chi connectivity index (χ0n) is 7.16. The van der Waals surface area contributed by atoms with E-state index in [1.165, 1.54) is 0 Å². The molecule has 0 radical (unpaired) electrons. The van der Waals surface area contributed by atoms with Crippen LogP contribution in [0, 0.1) is 0 Å². The van der Waals surface area contributed by atoms with Gasteiger partial charge in [-0.25, -0.2) is 0 Å². The fourth-order valence-electron chi connectivity index (χ4n) is 0.933. The average molecular weight is 229 g/mol. The van der Waals surface area contributed by atoms with E-state index in [1.807, 2.05) is 30.3 Å². The smallest absolute Gasteiger partial charge is 0.153 e. The molecular weight excluding hydrogens is 216 g/mol. The Morgan fingerprint density at radius 3 is 2.58 bits per heavy atom. The second-order valence-corrected chi connectivity index (χ2v) is 3.65. The van der Waals surface area contributed by atoms with Gasteiger partial charge in [-0.1, -0.05) is 31.5 Å². The van der Waals surface area contributed by atoms with Crippen LogP contribution in [0.1, 0.15) is 19.8 Å². The molecular formula is C10H13BrO. The quantitative estimate of drug-likeness (QED) is 0.717. The number of hydrogen-bond acceptors (Lipinski definition) is 1. The summed E-state index contributed by atoms with van der Waals surface area (Å²) in [6.07, 6.45) is 2.16. The lowest BCUT2D eigenvalue weighted by Gasteiger charge is -2.11. The highest BCUT2D eigenvalue weighted by molar-refractivity contribution is 9.09. The standard InChI is InChI=1S/C10H13BrO/c1-2-6-10(11)12-9-7-4-3-5-8-9/h3-5,7-8,10H,2,6H2,1H3. The fraction of sp³-hybridized carbons (Fsp3) is 0.400. The minimum Gasteiger partial charge on any atom is -0.479 e. The number of rotatable bonds is 4. The van der Waals surface area contributed by atoms with E-state index in [2.05, 4.69) is 22.9 Å². The zero-order chi connectivity index (χ0) is 8.81. The van der Waals surface area contributed by atoms with E-state index in [4.69, 9.17) is 4.74 Å². The van der Waals surface area contributed by atoms with Crippen LogP contribution < -0.4 is 4.74 Å². The lowest BCUT2D eigenvalue weighted by atomic mass is 10.3. The van der Waals surface area contributed by atoms with E-state index in [1.54, 1.807) is 0 Å². The Morgan fingerprint density at radius 2 is 2.00 bits per heavy atom.